The Kier molecular flexibility index (Phi) is 5.76. The highest BCUT2D eigenvalue weighted by Crippen LogP contribution is 2.28. The largest absolute Gasteiger partial charge is 0.467 e. The van der Waals surface area contributed by atoms with Gasteiger partial charge in [0.1, 0.15) is 5.76 Å². The van der Waals surface area contributed by atoms with Crippen molar-refractivity contribution in [3.8, 4) is 17.1 Å². The van der Waals surface area contributed by atoms with Gasteiger partial charge in [0.15, 0.2) is 11.0 Å². The highest BCUT2D eigenvalue weighted by Gasteiger charge is 2.17. The van der Waals surface area contributed by atoms with E-state index in [9.17, 15) is 4.79 Å². The van der Waals surface area contributed by atoms with Crippen LogP contribution in [0.4, 0.5) is 0 Å². The molecular formula is C22H20N4O2S. The third-order valence-electron chi connectivity index (χ3n) is 4.33. The second-order valence-electron chi connectivity index (χ2n) is 6.49. The number of furan rings is 1. The fourth-order valence-corrected chi connectivity index (χ4v) is 3.62. The summed E-state index contributed by atoms with van der Waals surface area (Å²) in [6, 6.07) is 21.7. The summed E-state index contributed by atoms with van der Waals surface area (Å²) in [5.74, 6) is 1.61. The lowest BCUT2D eigenvalue weighted by Gasteiger charge is -2.10. The number of aryl methyl sites for hydroxylation is 1. The van der Waals surface area contributed by atoms with Crippen LogP contribution in [0.25, 0.3) is 17.1 Å². The first-order valence-corrected chi connectivity index (χ1v) is 10.2. The zero-order valence-electron chi connectivity index (χ0n) is 15.9. The van der Waals surface area contributed by atoms with Gasteiger partial charge in [-0.3, -0.25) is 9.36 Å². The Labute approximate surface area is 173 Å². The number of hydrogen-bond donors (Lipinski definition) is 1. The predicted molar refractivity (Wildman–Crippen MR) is 113 cm³/mol. The maximum absolute atomic E-state index is 12.2. The molecule has 0 aliphatic carbocycles. The molecule has 2 aromatic heterocycles. The van der Waals surface area contributed by atoms with E-state index in [1.54, 1.807) is 12.3 Å². The van der Waals surface area contributed by atoms with E-state index in [1.165, 1.54) is 17.3 Å². The zero-order valence-corrected chi connectivity index (χ0v) is 16.7. The molecule has 0 bridgehead atoms. The van der Waals surface area contributed by atoms with E-state index in [1.807, 2.05) is 72.2 Å². The van der Waals surface area contributed by atoms with Crippen LogP contribution in [-0.2, 0) is 11.3 Å². The standard InChI is InChI=1S/C22H20N4O2S/c1-16-9-11-17(12-10-16)21-24-25-22(26(21)18-6-3-2-4-7-18)29-15-20(27)23-14-19-8-5-13-28-19/h2-13H,14-15H2,1H3,(H,23,27). The topological polar surface area (TPSA) is 73.0 Å². The number of carbonyl (C=O) groups is 1. The summed E-state index contributed by atoms with van der Waals surface area (Å²) in [6.45, 7) is 2.42. The van der Waals surface area contributed by atoms with Crippen molar-refractivity contribution in [2.45, 2.75) is 18.6 Å². The second kappa shape index (κ2) is 8.79. The van der Waals surface area contributed by atoms with E-state index in [2.05, 4.69) is 15.5 Å². The SMILES string of the molecule is Cc1ccc(-c2nnc(SCC(=O)NCc3ccco3)n2-c2ccccc2)cc1. The lowest BCUT2D eigenvalue weighted by Crippen LogP contribution is -2.24. The Morgan fingerprint density at radius 2 is 1.83 bits per heavy atom. The maximum Gasteiger partial charge on any atom is 0.230 e. The maximum atomic E-state index is 12.2. The highest BCUT2D eigenvalue weighted by atomic mass is 32.2. The van der Waals surface area contributed by atoms with Crippen molar-refractivity contribution in [3.63, 3.8) is 0 Å². The van der Waals surface area contributed by atoms with Crippen LogP contribution in [0.15, 0.2) is 82.6 Å². The average Bonchev–Trinajstić information content (AvgIpc) is 3.42. The van der Waals surface area contributed by atoms with Gasteiger partial charge in [-0.1, -0.05) is 59.8 Å². The van der Waals surface area contributed by atoms with Crippen LogP contribution in [0.3, 0.4) is 0 Å². The van der Waals surface area contributed by atoms with Gasteiger partial charge in [0.05, 0.1) is 18.6 Å². The number of benzene rings is 2. The predicted octanol–water partition coefficient (Wildman–Crippen LogP) is 4.24. The molecule has 0 atom stereocenters. The molecule has 1 amide bonds. The minimum atomic E-state index is -0.0918. The monoisotopic (exact) mass is 404 g/mol. The second-order valence-corrected chi connectivity index (χ2v) is 7.43. The van der Waals surface area contributed by atoms with Crippen molar-refractivity contribution >= 4 is 17.7 Å². The Bertz CT molecular complexity index is 1070. The Morgan fingerprint density at radius 1 is 1.03 bits per heavy atom. The van der Waals surface area contributed by atoms with Gasteiger partial charge >= 0.3 is 0 Å². The molecule has 6 nitrogen and oxygen atoms in total. The number of aromatic nitrogens is 3. The third-order valence-corrected chi connectivity index (χ3v) is 5.26. The molecule has 0 aliphatic rings. The van der Waals surface area contributed by atoms with Gasteiger partial charge in [0.25, 0.3) is 0 Å². The first-order valence-electron chi connectivity index (χ1n) is 9.20. The van der Waals surface area contributed by atoms with Crippen LogP contribution in [0.5, 0.6) is 0 Å². The van der Waals surface area contributed by atoms with Gasteiger partial charge in [0, 0.05) is 11.3 Å². The van der Waals surface area contributed by atoms with E-state index in [0.29, 0.717) is 11.7 Å². The van der Waals surface area contributed by atoms with Crippen LogP contribution in [0.1, 0.15) is 11.3 Å². The van der Waals surface area contributed by atoms with E-state index >= 15 is 0 Å². The molecule has 0 unspecified atom stereocenters. The summed E-state index contributed by atoms with van der Waals surface area (Å²) >= 11 is 1.35. The van der Waals surface area contributed by atoms with E-state index in [0.717, 1.165) is 22.8 Å². The third kappa shape index (κ3) is 4.57. The van der Waals surface area contributed by atoms with Crippen LogP contribution < -0.4 is 5.32 Å². The molecule has 0 fully saturated rings. The van der Waals surface area contributed by atoms with E-state index in [4.69, 9.17) is 4.42 Å². The number of nitrogens with zero attached hydrogens (tertiary/aromatic N) is 3. The molecule has 0 aliphatic heterocycles. The normalized spacial score (nSPS) is 10.8. The Hall–Kier alpha value is -3.32. The average molecular weight is 404 g/mol. The number of amides is 1. The Morgan fingerprint density at radius 3 is 2.55 bits per heavy atom. The molecular weight excluding hydrogens is 384 g/mol. The van der Waals surface area contributed by atoms with Crippen molar-refractivity contribution in [1.29, 1.82) is 0 Å². The molecule has 2 heterocycles. The fourth-order valence-electron chi connectivity index (χ4n) is 2.84. The molecule has 146 valence electrons. The summed E-state index contributed by atoms with van der Waals surface area (Å²) in [6.07, 6.45) is 1.59. The highest BCUT2D eigenvalue weighted by molar-refractivity contribution is 7.99. The molecule has 29 heavy (non-hydrogen) atoms. The minimum Gasteiger partial charge on any atom is -0.467 e. The molecule has 1 N–H and O–H groups in total. The van der Waals surface area contributed by atoms with Crippen LogP contribution in [0, 0.1) is 6.92 Å². The number of carbonyl (C=O) groups excluding carboxylic acids is 1. The van der Waals surface area contributed by atoms with Gasteiger partial charge in [0.2, 0.25) is 5.91 Å². The minimum absolute atomic E-state index is 0.0918. The summed E-state index contributed by atoms with van der Waals surface area (Å²) in [5, 5.41) is 12.3. The fraction of sp³-hybridized carbons (Fsp3) is 0.136. The van der Waals surface area contributed by atoms with Gasteiger partial charge in [-0.05, 0) is 31.2 Å². The summed E-state index contributed by atoms with van der Waals surface area (Å²) in [5.41, 5.74) is 3.11. The first-order chi connectivity index (χ1) is 14.2. The van der Waals surface area contributed by atoms with Gasteiger partial charge < -0.3 is 9.73 Å². The Balaban J connectivity index is 1.55. The lowest BCUT2D eigenvalue weighted by atomic mass is 10.1. The van der Waals surface area contributed by atoms with Crippen molar-refractivity contribution in [2.75, 3.05) is 5.75 Å². The van der Waals surface area contributed by atoms with Crippen molar-refractivity contribution in [2.24, 2.45) is 0 Å². The molecule has 4 aromatic rings. The number of rotatable bonds is 7. The van der Waals surface area contributed by atoms with Crippen molar-refractivity contribution < 1.29 is 9.21 Å². The van der Waals surface area contributed by atoms with Crippen LogP contribution in [-0.4, -0.2) is 26.4 Å². The molecule has 0 spiro atoms. The lowest BCUT2D eigenvalue weighted by molar-refractivity contribution is -0.118. The summed E-state index contributed by atoms with van der Waals surface area (Å²) < 4.78 is 7.22. The number of nitrogens with one attached hydrogen (secondary N) is 1. The molecule has 0 saturated heterocycles. The molecule has 0 radical (unpaired) electrons. The quantitative estimate of drug-likeness (QED) is 0.466. The van der Waals surface area contributed by atoms with Crippen LogP contribution in [0.2, 0.25) is 0 Å². The molecule has 2 aromatic carbocycles. The number of thioether (sulfide) groups is 1. The molecule has 4 rings (SSSR count). The molecule has 7 heteroatoms. The van der Waals surface area contributed by atoms with Gasteiger partial charge in [-0.2, -0.15) is 0 Å². The summed E-state index contributed by atoms with van der Waals surface area (Å²) in [7, 11) is 0. The van der Waals surface area contributed by atoms with Gasteiger partial charge in [-0.15, -0.1) is 10.2 Å². The number of hydrogen-bond acceptors (Lipinski definition) is 5. The first kappa shape index (κ1) is 19.0. The smallest absolute Gasteiger partial charge is 0.230 e. The van der Waals surface area contributed by atoms with Gasteiger partial charge in [-0.25, -0.2) is 0 Å². The zero-order chi connectivity index (χ0) is 20.1. The number of para-hydroxylation sites is 1. The van der Waals surface area contributed by atoms with Crippen LogP contribution >= 0.6 is 11.8 Å². The van der Waals surface area contributed by atoms with Crippen molar-refractivity contribution in [3.05, 3.63) is 84.3 Å². The molecule has 0 saturated carbocycles. The summed E-state index contributed by atoms with van der Waals surface area (Å²) in [4.78, 5) is 12.2. The van der Waals surface area contributed by atoms with E-state index < -0.39 is 0 Å². The van der Waals surface area contributed by atoms with Crippen molar-refractivity contribution in [1.82, 2.24) is 20.1 Å². The van der Waals surface area contributed by atoms with E-state index in [-0.39, 0.29) is 11.7 Å².